The topological polar surface area (TPSA) is 44.8 Å². The summed E-state index contributed by atoms with van der Waals surface area (Å²) in [6, 6.07) is 22.4. The average molecular weight is 378 g/mol. The molecule has 0 aromatic heterocycles. The van der Waals surface area contributed by atoms with Gasteiger partial charge in [-0.3, -0.25) is 9.32 Å². The molecule has 0 fully saturated rings. The SMILES string of the molecule is Cc1ccc2c(c1C)OP(OC(C(=O)c1ccccc1)c1ccccc1)O2. The molecule has 2 unspecified atom stereocenters. The minimum absolute atomic E-state index is 0.125. The molecule has 3 aromatic carbocycles. The Labute approximate surface area is 159 Å². The zero-order chi connectivity index (χ0) is 18.8. The lowest BCUT2D eigenvalue weighted by atomic mass is 10.0. The predicted octanol–water partition coefficient (Wildman–Crippen LogP) is 5.94. The third-order valence-corrected chi connectivity index (χ3v) is 5.63. The van der Waals surface area contributed by atoms with Crippen LogP contribution in [0.5, 0.6) is 11.5 Å². The molecular formula is C22H19O4P. The molecule has 1 aliphatic heterocycles. The summed E-state index contributed by atoms with van der Waals surface area (Å²) < 4.78 is 17.8. The second-order valence-electron chi connectivity index (χ2n) is 6.37. The number of ketones is 1. The van der Waals surface area contributed by atoms with Gasteiger partial charge in [-0.05, 0) is 36.6 Å². The smallest absolute Gasteiger partial charge is 0.414 e. The highest BCUT2D eigenvalue weighted by Gasteiger charge is 2.35. The van der Waals surface area contributed by atoms with Crippen LogP contribution in [0.2, 0.25) is 0 Å². The van der Waals surface area contributed by atoms with E-state index in [0.29, 0.717) is 17.1 Å². The molecule has 2 atom stereocenters. The van der Waals surface area contributed by atoms with Crippen LogP contribution >= 0.6 is 8.60 Å². The van der Waals surface area contributed by atoms with E-state index in [0.717, 1.165) is 16.7 Å². The van der Waals surface area contributed by atoms with Crippen molar-refractivity contribution in [2.45, 2.75) is 20.0 Å². The summed E-state index contributed by atoms with van der Waals surface area (Å²) >= 11 is 0. The molecular weight excluding hydrogens is 359 g/mol. The van der Waals surface area contributed by atoms with Crippen LogP contribution in [0.15, 0.2) is 72.8 Å². The molecule has 136 valence electrons. The Balaban J connectivity index is 1.61. The fourth-order valence-corrected chi connectivity index (χ4v) is 4.09. The first-order chi connectivity index (χ1) is 13.1. The largest absolute Gasteiger partial charge is 0.464 e. The van der Waals surface area contributed by atoms with Crippen molar-refractivity contribution >= 4 is 14.4 Å². The molecule has 0 saturated carbocycles. The van der Waals surface area contributed by atoms with Gasteiger partial charge in [-0.15, -0.1) is 0 Å². The van der Waals surface area contributed by atoms with Crippen molar-refractivity contribution in [2.24, 2.45) is 0 Å². The Bertz CT molecular complexity index is 957. The van der Waals surface area contributed by atoms with Crippen molar-refractivity contribution < 1.29 is 18.4 Å². The van der Waals surface area contributed by atoms with Crippen molar-refractivity contribution in [3.63, 3.8) is 0 Å². The molecule has 0 radical (unpaired) electrons. The maximum atomic E-state index is 13.1. The highest BCUT2D eigenvalue weighted by atomic mass is 31.2. The van der Waals surface area contributed by atoms with Gasteiger partial charge in [-0.2, -0.15) is 0 Å². The van der Waals surface area contributed by atoms with Crippen LogP contribution in [-0.2, 0) is 4.52 Å². The number of hydrogen-bond acceptors (Lipinski definition) is 4. The van der Waals surface area contributed by atoms with E-state index in [-0.39, 0.29) is 5.78 Å². The van der Waals surface area contributed by atoms with Crippen molar-refractivity contribution in [3.05, 3.63) is 95.1 Å². The van der Waals surface area contributed by atoms with Crippen LogP contribution < -0.4 is 9.05 Å². The van der Waals surface area contributed by atoms with Gasteiger partial charge in [0, 0.05) is 5.56 Å². The Morgan fingerprint density at radius 3 is 2.26 bits per heavy atom. The van der Waals surface area contributed by atoms with Gasteiger partial charge in [-0.1, -0.05) is 66.7 Å². The molecule has 0 aliphatic carbocycles. The number of hydrogen-bond donors (Lipinski definition) is 0. The highest BCUT2D eigenvalue weighted by Crippen LogP contribution is 2.56. The zero-order valence-corrected chi connectivity index (χ0v) is 16.0. The lowest BCUT2D eigenvalue weighted by Crippen LogP contribution is -2.15. The fourth-order valence-electron chi connectivity index (χ4n) is 2.89. The average Bonchev–Trinajstić information content (AvgIpc) is 3.13. The van der Waals surface area contributed by atoms with Gasteiger partial charge in [0.25, 0.3) is 0 Å². The molecule has 1 aliphatic rings. The Morgan fingerprint density at radius 2 is 1.56 bits per heavy atom. The molecule has 4 rings (SSSR count). The van der Waals surface area contributed by atoms with Crippen LogP contribution in [0, 0.1) is 13.8 Å². The minimum atomic E-state index is -1.71. The number of benzene rings is 3. The van der Waals surface area contributed by atoms with Gasteiger partial charge in [0.1, 0.15) is 0 Å². The Kier molecular flexibility index (Phi) is 4.93. The minimum Gasteiger partial charge on any atom is -0.414 e. The van der Waals surface area contributed by atoms with Crippen molar-refractivity contribution in [2.75, 3.05) is 0 Å². The van der Waals surface area contributed by atoms with E-state index < -0.39 is 14.7 Å². The molecule has 0 bridgehead atoms. The molecule has 0 amide bonds. The van der Waals surface area contributed by atoms with Crippen LogP contribution in [0.1, 0.15) is 33.2 Å². The first kappa shape index (κ1) is 17.7. The maximum Gasteiger partial charge on any atom is 0.464 e. The molecule has 0 N–H and O–H groups in total. The molecule has 5 heteroatoms. The summed E-state index contributed by atoms with van der Waals surface area (Å²) in [6.45, 7) is 4.01. The molecule has 3 aromatic rings. The summed E-state index contributed by atoms with van der Waals surface area (Å²) in [5.41, 5.74) is 3.50. The lowest BCUT2D eigenvalue weighted by Gasteiger charge is -2.18. The quantitative estimate of drug-likeness (QED) is 0.407. The number of rotatable bonds is 5. The van der Waals surface area contributed by atoms with Crippen molar-refractivity contribution in [1.29, 1.82) is 0 Å². The van der Waals surface area contributed by atoms with Gasteiger partial charge < -0.3 is 9.05 Å². The van der Waals surface area contributed by atoms with E-state index in [9.17, 15) is 4.79 Å². The summed E-state index contributed by atoms with van der Waals surface area (Å²) in [6.07, 6.45) is -0.796. The lowest BCUT2D eigenvalue weighted by molar-refractivity contribution is 0.0780. The Hall–Kier alpha value is -2.68. The highest BCUT2D eigenvalue weighted by molar-refractivity contribution is 7.43. The molecule has 27 heavy (non-hydrogen) atoms. The number of aryl methyl sites for hydroxylation is 1. The zero-order valence-electron chi connectivity index (χ0n) is 15.1. The standard InChI is InChI=1S/C22H19O4P/c1-15-13-14-19-21(16(15)2)25-27(24-19)26-22(18-11-7-4-8-12-18)20(23)17-9-5-3-6-10-17/h3-14,22H,1-2H3. The van der Waals surface area contributed by atoms with E-state index in [4.69, 9.17) is 13.6 Å². The second kappa shape index (κ2) is 7.51. The fraction of sp³-hybridized carbons (Fsp3) is 0.136. The number of Topliss-reactive ketones (excluding diaryl/α,β-unsaturated/α-hetero) is 1. The third kappa shape index (κ3) is 3.59. The summed E-state index contributed by atoms with van der Waals surface area (Å²) in [5, 5.41) is 0. The molecule has 1 heterocycles. The number of fused-ring (bicyclic) bond motifs is 1. The van der Waals surface area contributed by atoms with Gasteiger partial charge in [-0.25, -0.2) is 0 Å². The molecule has 4 nitrogen and oxygen atoms in total. The van der Waals surface area contributed by atoms with Gasteiger partial charge >= 0.3 is 8.60 Å². The maximum absolute atomic E-state index is 13.1. The predicted molar refractivity (Wildman–Crippen MR) is 105 cm³/mol. The van der Waals surface area contributed by atoms with Crippen LogP contribution in [-0.4, -0.2) is 5.78 Å². The number of carbonyl (C=O) groups is 1. The number of carbonyl (C=O) groups excluding carboxylic acids is 1. The second-order valence-corrected chi connectivity index (χ2v) is 7.39. The van der Waals surface area contributed by atoms with E-state index in [1.54, 1.807) is 12.1 Å². The van der Waals surface area contributed by atoms with Crippen molar-refractivity contribution in [3.8, 4) is 11.5 Å². The van der Waals surface area contributed by atoms with Gasteiger partial charge in [0.05, 0.1) is 0 Å². The van der Waals surface area contributed by atoms with Gasteiger partial charge in [0.2, 0.25) is 0 Å². The van der Waals surface area contributed by atoms with E-state index in [1.807, 2.05) is 74.5 Å². The van der Waals surface area contributed by atoms with E-state index in [1.165, 1.54) is 0 Å². The van der Waals surface area contributed by atoms with E-state index >= 15 is 0 Å². The summed E-state index contributed by atoms with van der Waals surface area (Å²) in [4.78, 5) is 13.1. The van der Waals surface area contributed by atoms with Gasteiger partial charge in [0.15, 0.2) is 23.4 Å². The Morgan fingerprint density at radius 1 is 0.889 bits per heavy atom. The normalized spacial score (nSPS) is 16.1. The van der Waals surface area contributed by atoms with Crippen LogP contribution in [0.3, 0.4) is 0 Å². The summed E-state index contributed by atoms with van der Waals surface area (Å²) in [5.74, 6) is 1.23. The molecule has 0 saturated heterocycles. The van der Waals surface area contributed by atoms with Crippen LogP contribution in [0.25, 0.3) is 0 Å². The van der Waals surface area contributed by atoms with Crippen molar-refractivity contribution in [1.82, 2.24) is 0 Å². The molecule has 0 spiro atoms. The monoisotopic (exact) mass is 378 g/mol. The third-order valence-electron chi connectivity index (χ3n) is 4.57. The van der Waals surface area contributed by atoms with Crippen LogP contribution in [0.4, 0.5) is 0 Å². The first-order valence-corrected chi connectivity index (χ1v) is 9.80. The first-order valence-electron chi connectivity index (χ1n) is 8.71. The van der Waals surface area contributed by atoms with E-state index in [2.05, 4.69) is 0 Å². The summed E-state index contributed by atoms with van der Waals surface area (Å²) in [7, 11) is -1.71.